The molecule has 0 amide bonds. The molecule has 0 spiro atoms. The van der Waals surface area contributed by atoms with Crippen molar-refractivity contribution in [1.82, 2.24) is 9.97 Å². The highest BCUT2D eigenvalue weighted by Crippen LogP contribution is 2.20. The van der Waals surface area contributed by atoms with Crippen LogP contribution in [0.1, 0.15) is 52.3 Å². The monoisotopic (exact) mass is 251 g/mol. The van der Waals surface area contributed by atoms with Crippen LogP contribution in [0.2, 0.25) is 0 Å². The number of nitrogens with zero attached hydrogens (tertiary/aromatic N) is 3. The Morgan fingerprint density at radius 2 is 1.83 bits per heavy atom. The summed E-state index contributed by atoms with van der Waals surface area (Å²) in [5, 5.41) is 0. The smallest absolute Gasteiger partial charge is 0.145 e. The second-order valence-electron chi connectivity index (χ2n) is 4.76. The molecule has 0 radical (unpaired) electrons. The van der Waals surface area contributed by atoms with E-state index >= 15 is 0 Å². The van der Waals surface area contributed by atoms with Gasteiger partial charge < -0.3 is 10.3 Å². The molecule has 0 unspecified atom stereocenters. The average molecular weight is 251 g/mol. The summed E-state index contributed by atoms with van der Waals surface area (Å²) in [6.07, 6.45) is 2.21. The van der Waals surface area contributed by atoms with E-state index in [1.165, 1.54) is 0 Å². The van der Waals surface area contributed by atoms with E-state index in [1.54, 1.807) is 0 Å². The van der Waals surface area contributed by atoms with Gasteiger partial charge in [0.15, 0.2) is 0 Å². The first-order valence-corrected chi connectivity index (χ1v) is 6.72. The van der Waals surface area contributed by atoms with Crippen LogP contribution in [0.3, 0.4) is 0 Å². The van der Waals surface area contributed by atoms with Crippen molar-refractivity contribution in [2.75, 3.05) is 23.4 Å². The Bertz CT molecular complexity index is 358. The predicted octanol–water partition coefficient (Wildman–Crippen LogP) is 2.51. The molecule has 1 rings (SSSR count). The number of nitrogens with two attached hydrogens (primary N) is 1. The third kappa shape index (κ3) is 3.84. The molecule has 3 N–H and O–H groups in total. The Hall–Kier alpha value is -1.36. The van der Waals surface area contributed by atoms with E-state index in [-0.39, 0.29) is 0 Å². The summed E-state index contributed by atoms with van der Waals surface area (Å²) in [5.74, 6) is 8.25. The predicted molar refractivity (Wildman–Crippen MR) is 76.7 cm³/mol. The minimum atomic E-state index is 0.294. The topological polar surface area (TPSA) is 67.1 Å². The number of hydrazine groups is 1. The maximum Gasteiger partial charge on any atom is 0.145 e. The average Bonchev–Trinajstić information content (AvgIpc) is 2.37. The number of hydrogen-bond acceptors (Lipinski definition) is 5. The molecule has 5 heteroatoms. The highest BCUT2D eigenvalue weighted by molar-refractivity contribution is 5.49. The van der Waals surface area contributed by atoms with Crippen molar-refractivity contribution in [3.63, 3.8) is 0 Å². The minimum absolute atomic E-state index is 0.294. The van der Waals surface area contributed by atoms with Gasteiger partial charge in [-0.05, 0) is 12.8 Å². The quantitative estimate of drug-likeness (QED) is 0.576. The van der Waals surface area contributed by atoms with Crippen molar-refractivity contribution in [2.24, 2.45) is 5.84 Å². The number of nitrogen functional groups attached to an aromatic ring is 1. The Balaban J connectivity index is 3.07. The van der Waals surface area contributed by atoms with Crippen LogP contribution in [-0.4, -0.2) is 23.1 Å². The minimum Gasteiger partial charge on any atom is -0.356 e. The first-order valence-electron chi connectivity index (χ1n) is 6.72. The molecule has 0 atom stereocenters. The van der Waals surface area contributed by atoms with E-state index in [0.29, 0.717) is 11.7 Å². The lowest BCUT2D eigenvalue weighted by molar-refractivity contribution is 0.714. The summed E-state index contributed by atoms with van der Waals surface area (Å²) >= 11 is 0. The lowest BCUT2D eigenvalue weighted by Gasteiger charge is -2.23. The van der Waals surface area contributed by atoms with Gasteiger partial charge in [-0.15, -0.1) is 0 Å². The Morgan fingerprint density at radius 3 is 2.28 bits per heavy atom. The summed E-state index contributed by atoms with van der Waals surface area (Å²) < 4.78 is 0. The van der Waals surface area contributed by atoms with Crippen molar-refractivity contribution in [2.45, 2.75) is 46.5 Å². The van der Waals surface area contributed by atoms with Crippen LogP contribution in [0.15, 0.2) is 6.07 Å². The summed E-state index contributed by atoms with van der Waals surface area (Å²) in [4.78, 5) is 11.3. The van der Waals surface area contributed by atoms with Crippen LogP contribution in [0.5, 0.6) is 0 Å². The second kappa shape index (κ2) is 7.16. The van der Waals surface area contributed by atoms with Gasteiger partial charge in [-0.2, -0.15) is 0 Å². The zero-order valence-electron chi connectivity index (χ0n) is 11.9. The Labute approximate surface area is 110 Å². The van der Waals surface area contributed by atoms with Crippen LogP contribution in [0.4, 0.5) is 11.6 Å². The fourth-order valence-corrected chi connectivity index (χ4v) is 1.83. The SMILES string of the molecule is CCCN(CCC)c1cc(NN)nc(C(C)C)n1. The third-order valence-corrected chi connectivity index (χ3v) is 2.71. The van der Waals surface area contributed by atoms with Crippen LogP contribution < -0.4 is 16.2 Å². The zero-order valence-corrected chi connectivity index (χ0v) is 11.9. The molecular formula is C13H25N5. The molecule has 0 saturated heterocycles. The van der Waals surface area contributed by atoms with Crippen molar-refractivity contribution < 1.29 is 0 Å². The van der Waals surface area contributed by atoms with Crippen LogP contribution in [0, 0.1) is 0 Å². The zero-order chi connectivity index (χ0) is 13.5. The van der Waals surface area contributed by atoms with Crippen molar-refractivity contribution in [3.05, 3.63) is 11.9 Å². The molecular weight excluding hydrogens is 226 g/mol. The first kappa shape index (κ1) is 14.7. The number of anilines is 2. The van der Waals surface area contributed by atoms with E-state index in [9.17, 15) is 0 Å². The maximum atomic E-state index is 5.48. The molecule has 1 aromatic rings. The maximum absolute atomic E-state index is 5.48. The molecule has 0 bridgehead atoms. The third-order valence-electron chi connectivity index (χ3n) is 2.71. The number of rotatable bonds is 7. The van der Waals surface area contributed by atoms with Crippen LogP contribution in [-0.2, 0) is 0 Å². The molecule has 0 saturated carbocycles. The lowest BCUT2D eigenvalue weighted by atomic mass is 10.2. The van der Waals surface area contributed by atoms with Gasteiger partial charge in [0, 0.05) is 25.1 Å². The molecule has 0 fully saturated rings. The molecule has 0 aliphatic heterocycles. The summed E-state index contributed by atoms with van der Waals surface area (Å²) in [6.45, 7) is 10.5. The van der Waals surface area contributed by atoms with Crippen LogP contribution >= 0.6 is 0 Å². The molecule has 0 aliphatic carbocycles. The highest BCUT2D eigenvalue weighted by Gasteiger charge is 2.12. The normalized spacial score (nSPS) is 10.8. The fraction of sp³-hybridized carbons (Fsp3) is 0.692. The van der Waals surface area contributed by atoms with Gasteiger partial charge in [-0.1, -0.05) is 27.7 Å². The highest BCUT2D eigenvalue weighted by atomic mass is 15.3. The summed E-state index contributed by atoms with van der Waals surface area (Å²) in [7, 11) is 0. The number of aromatic nitrogens is 2. The van der Waals surface area contributed by atoms with E-state index in [1.807, 2.05) is 6.07 Å². The van der Waals surface area contributed by atoms with Crippen molar-refractivity contribution in [1.29, 1.82) is 0 Å². The second-order valence-corrected chi connectivity index (χ2v) is 4.76. The van der Waals surface area contributed by atoms with Crippen molar-refractivity contribution >= 4 is 11.6 Å². The molecule has 18 heavy (non-hydrogen) atoms. The van der Waals surface area contributed by atoms with Gasteiger partial charge in [0.2, 0.25) is 0 Å². The van der Waals surface area contributed by atoms with E-state index in [2.05, 4.69) is 48.0 Å². The fourth-order valence-electron chi connectivity index (χ4n) is 1.83. The molecule has 5 nitrogen and oxygen atoms in total. The van der Waals surface area contributed by atoms with Crippen LogP contribution in [0.25, 0.3) is 0 Å². The number of hydrogen-bond donors (Lipinski definition) is 2. The Morgan fingerprint density at radius 1 is 1.22 bits per heavy atom. The Kier molecular flexibility index (Phi) is 5.85. The van der Waals surface area contributed by atoms with Gasteiger partial charge in [0.1, 0.15) is 17.5 Å². The number of nitrogens with one attached hydrogen (secondary N) is 1. The van der Waals surface area contributed by atoms with E-state index < -0.39 is 0 Å². The van der Waals surface area contributed by atoms with Gasteiger partial charge in [-0.25, -0.2) is 15.8 Å². The molecule has 0 aromatic carbocycles. The molecule has 102 valence electrons. The van der Waals surface area contributed by atoms with Gasteiger partial charge in [0.05, 0.1) is 0 Å². The molecule has 1 heterocycles. The van der Waals surface area contributed by atoms with Crippen molar-refractivity contribution in [3.8, 4) is 0 Å². The largest absolute Gasteiger partial charge is 0.356 e. The van der Waals surface area contributed by atoms with Gasteiger partial charge in [-0.3, -0.25) is 0 Å². The molecule has 1 aromatic heterocycles. The van der Waals surface area contributed by atoms with E-state index in [4.69, 9.17) is 5.84 Å². The standard InChI is InChI=1S/C13H25N5/c1-5-7-18(8-6-2)12-9-11(17-14)15-13(16-12)10(3)4/h9-10H,5-8,14H2,1-4H3,(H,15,16,17). The summed E-state index contributed by atoms with van der Waals surface area (Å²) in [6, 6.07) is 1.91. The van der Waals surface area contributed by atoms with Gasteiger partial charge in [0.25, 0.3) is 0 Å². The lowest BCUT2D eigenvalue weighted by Crippen LogP contribution is -2.27. The molecule has 0 aliphatic rings. The van der Waals surface area contributed by atoms with Gasteiger partial charge >= 0.3 is 0 Å². The first-order chi connectivity index (χ1) is 8.62. The van der Waals surface area contributed by atoms with E-state index in [0.717, 1.165) is 37.6 Å². The summed E-state index contributed by atoms with van der Waals surface area (Å²) in [5.41, 5.74) is 2.62.